The zero-order valence-electron chi connectivity index (χ0n) is 15.3. The van der Waals surface area contributed by atoms with Crippen LogP contribution < -0.4 is 0 Å². The van der Waals surface area contributed by atoms with Gasteiger partial charge in [-0.1, -0.05) is 13.8 Å². The number of nitrogens with zero attached hydrogens (tertiary/aromatic N) is 2. The second-order valence-electron chi connectivity index (χ2n) is 7.31. The lowest BCUT2D eigenvalue weighted by Gasteiger charge is -2.44. The van der Waals surface area contributed by atoms with Gasteiger partial charge >= 0.3 is 0 Å². The molecular weight excluding hydrogens is 308 g/mol. The van der Waals surface area contributed by atoms with Crippen LogP contribution in [0.1, 0.15) is 46.0 Å². The molecule has 138 valence electrons. The number of piperidine rings is 1. The Balaban J connectivity index is 2.06. The highest BCUT2D eigenvalue weighted by Gasteiger charge is 2.35. The zero-order chi connectivity index (χ0) is 17.5. The Morgan fingerprint density at radius 1 is 1.21 bits per heavy atom. The fraction of sp³-hybridized carbons (Fsp3) is 0.889. The number of ether oxygens (including phenoxy) is 2. The number of rotatable bonds is 6. The van der Waals surface area contributed by atoms with Crippen molar-refractivity contribution in [3.05, 3.63) is 0 Å². The number of likely N-dealkylation sites (tertiary alicyclic amines) is 1. The third kappa shape index (κ3) is 5.18. The van der Waals surface area contributed by atoms with Gasteiger partial charge in [0.15, 0.2) is 0 Å². The minimum Gasteiger partial charge on any atom is -0.381 e. The van der Waals surface area contributed by atoms with Gasteiger partial charge in [-0.15, -0.1) is 0 Å². The topological polar surface area (TPSA) is 59.1 Å². The molecule has 6 nitrogen and oxygen atoms in total. The highest BCUT2D eigenvalue weighted by molar-refractivity contribution is 5.79. The van der Waals surface area contributed by atoms with Crippen molar-refractivity contribution in [1.82, 2.24) is 9.80 Å². The first-order valence-electron chi connectivity index (χ1n) is 9.18. The predicted octanol–water partition coefficient (Wildman–Crippen LogP) is 1.68. The molecule has 2 aliphatic rings. The number of amides is 2. The van der Waals surface area contributed by atoms with Crippen LogP contribution in [0.3, 0.4) is 0 Å². The van der Waals surface area contributed by atoms with Crippen molar-refractivity contribution >= 4 is 11.8 Å². The van der Waals surface area contributed by atoms with Crippen LogP contribution in [-0.2, 0) is 19.1 Å². The molecule has 0 aromatic rings. The summed E-state index contributed by atoms with van der Waals surface area (Å²) in [6.45, 7) is 7.09. The van der Waals surface area contributed by atoms with Crippen molar-refractivity contribution in [3.8, 4) is 0 Å². The largest absolute Gasteiger partial charge is 0.381 e. The second kappa shape index (κ2) is 9.37. The molecule has 0 saturated carbocycles. The maximum atomic E-state index is 12.7. The lowest BCUT2D eigenvalue weighted by molar-refractivity contribution is -0.147. The van der Waals surface area contributed by atoms with E-state index in [1.165, 1.54) is 0 Å². The van der Waals surface area contributed by atoms with Crippen molar-refractivity contribution in [1.29, 1.82) is 0 Å². The number of methoxy groups -OCH3 is 1. The first kappa shape index (κ1) is 19.2. The van der Waals surface area contributed by atoms with Gasteiger partial charge in [0.05, 0.1) is 0 Å². The smallest absolute Gasteiger partial charge is 0.249 e. The monoisotopic (exact) mass is 340 g/mol. The van der Waals surface area contributed by atoms with E-state index in [2.05, 4.69) is 13.8 Å². The van der Waals surface area contributed by atoms with Gasteiger partial charge in [-0.05, 0) is 31.6 Å². The van der Waals surface area contributed by atoms with E-state index in [1.807, 2.05) is 9.80 Å². The van der Waals surface area contributed by atoms with Crippen LogP contribution in [0.25, 0.3) is 0 Å². The van der Waals surface area contributed by atoms with E-state index in [4.69, 9.17) is 9.47 Å². The van der Waals surface area contributed by atoms with Crippen LogP contribution >= 0.6 is 0 Å². The van der Waals surface area contributed by atoms with Gasteiger partial charge in [0.2, 0.25) is 11.8 Å². The first-order valence-corrected chi connectivity index (χ1v) is 9.18. The first-order chi connectivity index (χ1) is 11.5. The van der Waals surface area contributed by atoms with E-state index in [0.29, 0.717) is 32.1 Å². The van der Waals surface area contributed by atoms with E-state index in [0.717, 1.165) is 32.2 Å². The van der Waals surface area contributed by atoms with Crippen molar-refractivity contribution in [2.45, 2.75) is 58.0 Å². The summed E-state index contributed by atoms with van der Waals surface area (Å²) < 4.78 is 10.5. The van der Waals surface area contributed by atoms with Gasteiger partial charge in [0.1, 0.15) is 6.61 Å². The summed E-state index contributed by atoms with van der Waals surface area (Å²) >= 11 is 0. The van der Waals surface area contributed by atoms with Crippen LogP contribution in [0, 0.1) is 5.92 Å². The highest BCUT2D eigenvalue weighted by Crippen LogP contribution is 2.24. The molecule has 0 N–H and O–H groups in total. The van der Waals surface area contributed by atoms with Crippen LogP contribution in [0.5, 0.6) is 0 Å². The molecule has 2 aliphatic heterocycles. The Morgan fingerprint density at radius 3 is 2.54 bits per heavy atom. The molecule has 0 bridgehead atoms. The number of carbonyl (C=O) groups excluding carboxylic acids is 2. The molecule has 0 spiro atoms. The van der Waals surface area contributed by atoms with Gasteiger partial charge in [0, 0.05) is 51.9 Å². The Bertz CT molecular complexity index is 421. The normalized spacial score (nSPS) is 22.7. The molecule has 0 aliphatic carbocycles. The Labute approximate surface area is 145 Å². The molecule has 2 fully saturated rings. The summed E-state index contributed by atoms with van der Waals surface area (Å²) in [4.78, 5) is 29.0. The van der Waals surface area contributed by atoms with Crippen molar-refractivity contribution < 1.29 is 19.1 Å². The molecule has 2 saturated heterocycles. The van der Waals surface area contributed by atoms with Gasteiger partial charge in [-0.3, -0.25) is 9.59 Å². The third-order valence-corrected chi connectivity index (χ3v) is 4.87. The van der Waals surface area contributed by atoms with Gasteiger partial charge in [-0.25, -0.2) is 0 Å². The number of carbonyl (C=O) groups is 2. The minimum atomic E-state index is 0.0348. The van der Waals surface area contributed by atoms with E-state index in [9.17, 15) is 9.59 Å². The van der Waals surface area contributed by atoms with Gasteiger partial charge < -0.3 is 19.3 Å². The third-order valence-electron chi connectivity index (χ3n) is 4.87. The van der Waals surface area contributed by atoms with Crippen LogP contribution in [-0.4, -0.2) is 73.7 Å². The van der Waals surface area contributed by atoms with Crippen molar-refractivity contribution in [2.75, 3.05) is 40.0 Å². The molecule has 2 amide bonds. The molecule has 1 unspecified atom stereocenters. The number of hydrogen-bond donors (Lipinski definition) is 0. The fourth-order valence-electron chi connectivity index (χ4n) is 3.75. The Morgan fingerprint density at radius 2 is 1.92 bits per heavy atom. The molecule has 2 rings (SSSR count). The molecule has 2 heterocycles. The average Bonchev–Trinajstić information content (AvgIpc) is 2.56. The van der Waals surface area contributed by atoms with E-state index >= 15 is 0 Å². The molecular formula is C18H32N2O4. The molecule has 24 heavy (non-hydrogen) atoms. The summed E-state index contributed by atoms with van der Waals surface area (Å²) in [5, 5.41) is 0. The summed E-state index contributed by atoms with van der Waals surface area (Å²) in [5.41, 5.74) is 0. The minimum absolute atomic E-state index is 0.0348. The summed E-state index contributed by atoms with van der Waals surface area (Å²) in [6.07, 6.45) is 4.22. The van der Waals surface area contributed by atoms with Crippen molar-refractivity contribution in [3.63, 3.8) is 0 Å². The van der Waals surface area contributed by atoms with E-state index in [1.54, 1.807) is 7.11 Å². The number of hydrogen-bond acceptors (Lipinski definition) is 4. The highest BCUT2D eigenvalue weighted by atomic mass is 16.5. The summed E-state index contributed by atoms with van der Waals surface area (Å²) in [7, 11) is 1.55. The predicted molar refractivity (Wildman–Crippen MR) is 91.6 cm³/mol. The lowest BCUT2D eigenvalue weighted by Crippen LogP contribution is -2.56. The van der Waals surface area contributed by atoms with Gasteiger partial charge in [0.25, 0.3) is 0 Å². The van der Waals surface area contributed by atoms with Crippen LogP contribution in [0.4, 0.5) is 0 Å². The quantitative estimate of drug-likeness (QED) is 0.738. The molecule has 0 aromatic carbocycles. The average molecular weight is 340 g/mol. The lowest BCUT2D eigenvalue weighted by atomic mass is 9.97. The summed E-state index contributed by atoms with van der Waals surface area (Å²) in [5.74, 6) is 0.605. The standard InChI is InChI=1S/C18H32N2O4/c1-14(2)11-17(21)19-8-4-5-16(12-19)20(18(22)13-23-3)15-6-9-24-10-7-15/h14-16H,4-13H2,1-3H3. The van der Waals surface area contributed by atoms with Gasteiger partial charge in [-0.2, -0.15) is 0 Å². The zero-order valence-corrected chi connectivity index (χ0v) is 15.3. The maximum absolute atomic E-state index is 12.7. The van der Waals surface area contributed by atoms with Crippen LogP contribution in [0.2, 0.25) is 0 Å². The van der Waals surface area contributed by atoms with E-state index in [-0.39, 0.29) is 30.5 Å². The molecule has 0 aromatic heterocycles. The second-order valence-corrected chi connectivity index (χ2v) is 7.31. The molecule has 1 atom stereocenters. The summed E-state index contributed by atoms with van der Waals surface area (Å²) in [6, 6.07) is 0.298. The Kier molecular flexibility index (Phi) is 7.49. The van der Waals surface area contributed by atoms with Crippen molar-refractivity contribution in [2.24, 2.45) is 5.92 Å². The fourth-order valence-corrected chi connectivity index (χ4v) is 3.75. The Hall–Kier alpha value is -1.14. The van der Waals surface area contributed by atoms with E-state index < -0.39 is 0 Å². The SMILES string of the molecule is COCC(=O)N(C1CCOCC1)C1CCCN(C(=O)CC(C)C)C1. The maximum Gasteiger partial charge on any atom is 0.249 e. The molecule has 6 heteroatoms. The molecule has 0 radical (unpaired) electrons. The van der Waals surface area contributed by atoms with Crippen LogP contribution in [0.15, 0.2) is 0 Å².